The first-order chi connectivity index (χ1) is 13.2. The van der Waals surface area contributed by atoms with Crippen LogP contribution in [0.1, 0.15) is 12.5 Å². The van der Waals surface area contributed by atoms with E-state index in [9.17, 15) is 24.1 Å². The molecule has 148 valence electrons. The van der Waals surface area contributed by atoms with Gasteiger partial charge in [-0.3, -0.25) is 19.7 Å². The molecule has 0 unspecified atom stereocenters. The lowest BCUT2D eigenvalue weighted by molar-refractivity contribution is -0.384. The van der Waals surface area contributed by atoms with Gasteiger partial charge in [0.15, 0.2) is 6.10 Å². The molecular weight excluding hydrogens is 395 g/mol. The Hall–Kier alpha value is -3.20. The number of carbonyl (C=O) groups excluding carboxylic acids is 2. The Morgan fingerprint density at radius 2 is 2.04 bits per heavy atom. The summed E-state index contributed by atoms with van der Waals surface area (Å²) in [6.45, 7) is 1.31. The molecule has 0 aromatic heterocycles. The van der Waals surface area contributed by atoms with Gasteiger partial charge in [-0.2, -0.15) is 0 Å². The summed E-state index contributed by atoms with van der Waals surface area (Å²) in [5.41, 5.74) is -0.251. The molecule has 8 nitrogen and oxygen atoms in total. The monoisotopic (exact) mass is 410 g/mol. The van der Waals surface area contributed by atoms with Crippen molar-refractivity contribution in [2.75, 3.05) is 12.4 Å². The van der Waals surface area contributed by atoms with Crippen LogP contribution in [0.5, 0.6) is 5.75 Å². The van der Waals surface area contributed by atoms with Crippen molar-refractivity contribution in [2.24, 2.45) is 0 Å². The number of methoxy groups -OCH3 is 1. The molecule has 0 aliphatic heterocycles. The van der Waals surface area contributed by atoms with Crippen LogP contribution in [0.15, 0.2) is 36.4 Å². The topological polar surface area (TPSA) is 108 Å². The van der Waals surface area contributed by atoms with E-state index in [1.807, 2.05) is 0 Å². The Kier molecular flexibility index (Phi) is 6.89. The zero-order valence-electron chi connectivity index (χ0n) is 14.9. The van der Waals surface area contributed by atoms with Gasteiger partial charge >= 0.3 is 5.97 Å². The predicted octanol–water partition coefficient (Wildman–Crippen LogP) is 3.51. The minimum absolute atomic E-state index is 0.0397. The number of esters is 1. The molecule has 0 bridgehead atoms. The number of nitrogens with zero attached hydrogens (tertiary/aromatic N) is 1. The minimum Gasteiger partial charge on any atom is -0.495 e. The molecule has 28 heavy (non-hydrogen) atoms. The summed E-state index contributed by atoms with van der Waals surface area (Å²) in [5, 5.41) is 13.4. The number of hydrogen-bond acceptors (Lipinski definition) is 6. The average molecular weight is 411 g/mol. The molecular formula is C18H16ClFN2O6. The van der Waals surface area contributed by atoms with Gasteiger partial charge < -0.3 is 14.8 Å². The highest BCUT2D eigenvalue weighted by Crippen LogP contribution is 2.29. The summed E-state index contributed by atoms with van der Waals surface area (Å²) >= 11 is 5.86. The molecule has 1 atom stereocenters. The summed E-state index contributed by atoms with van der Waals surface area (Å²) in [6, 6.07) is 7.64. The molecule has 1 amide bonds. The number of carbonyl (C=O) groups is 2. The van der Waals surface area contributed by atoms with Crippen LogP contribution in [0.3, 0.4) is 0 Å². The van der Waals surface area contributed by atoms with E-state index in [0.717, 1.165) is 12.1 Å². The number of halogens is 2. The molecule has 0 radical (unpaired) electrons. The van der Waals surface area contributed by atoms with E-state index in [4.69, 9.17) is 21.1 Å². The van der Waals surface area contributed by atoms with Crippen LogP contribution in [0.4, 0.5) is 15.8 Å². The van der Waals surface area contributed by atoms with Crippen molar-refractivity contribution in [1.29, 1.82) is 0 Å². The number of amides is 1. The Morgan fingerprint density at radius 3 is 2.64 bits per heavy atom. The lowest BCUT2D eigenvalue weighted by Gasteiger charge is -2.15. The summed E-state index contributed by atoms with van der Waals surface area (Å²) in [6.07, 6.45) is -1.70. The van der Waals surface area contributed by atoms with Gasteiger partial charge in [0.2, 0.25) is 0 Å². The molecule has 2 aromatic rings. The second-order valence-electron chi connectivity index (χ2n) is 5.64. The zero-order valence-corrected chi connectivity index (χ0v) is 15.7. The van der Waals surface area contributed by atoms with Gasteiger partial charge in [-0.25, -0.2) is 4.39 Å². The molecule has 0 saturated carbocycles. The maximum atomic E-state index is 13.7. The lowest BCUT2D eigenvalue weighted by atomic mass is 10.1. The zero-order chi connectivity index (χ0) is 20.8. The summed E-state index contributed by atoms with van der Waals surface area (Å²) in [5.74, 6) is -2.08. The summed E-state index contributed by atoms with van der Waals surface area (Å²) in [7, 11) is 1.33. The third-order valence-corrected chi connectivity index (χ3v) is 4.07. The fraction of sp³-hybridized carbons (Fsp3) is 0.222. The molecule has 0 fully saturated rings. The fourth-order valence-corrected chi connectivity index (χ4v) is 2.51. The number of anilines is 1. The second kappa shape index (κ2) is 9.14. The van der Waals surface area contributed by atoms with Crippen LogP contribution >= 0.6 is 11.6 Å². The number of rotatable bonds is 7. The van der Waals surface area contributed by atoms with E-state index in [2.05, 4.69) is 5.32 Å². The molecule has 2 rings (SSSR count). The van der Waals surface area contributed by atoms with Crippen LogP contribution in [0.25, 0.3) is 0 Å². The van der Waals surface area contributed by atoms with Gasteiger partial charge in [-0.1, -0.05) is 17.7 Å². The van der Waals surface area contributed by atoms with E-state index in [0.29, 0.717) is 0 Å². The van der Waals surface area contributed by atoms with E-state index in [-0.39, 0.29) is 27.7 Å². The Balaban J connectivity index is 2.06. The van der Waals surface area contributed by atoms with Gasteiger partial charge in [0.05, 0.1) is 24.1 Å². The van der Waals surface area contributed by atoms with Gasteiger partial charge in [0.1, 0.15) is 11.6 Å². The molecule has 1 N–H and O–H groups in total. The van der Waals surface area contributed by atoms with Crippen molar-refractivity contribution in [3.63, 3.8) is 0 Å². The Morgan fingerprint density at radius 1 is 1.32 bits per heavy atom. The number of nitro benzene ring substituents is 1. The summed E-state index contributed by atoms with van der Waals surface area (Å²) in [4.78, 5) is 34.5. The van der Waals surface area contributed by atoms with Crippen molar-refractivity contribution >= 4 is 34.9 Å². The van der Waals surface area contributed by atoms with Crippen molar-refractivity contribution in [2.45, 2.75) is 19.4 Å². The number of ether oxygens (including phenoxy) is 2. The Bertz CT molecular complexity index is 901. The molecule has 0 spiro atoms. The van der Waals surface area contributed by atoms with E-state index >= 15 is 0 Å². The third kappa shape index (κ3) is 5.17. The molecule has 0 heterocycles. The first kappa shape index (κ1) is 21.1. The normalized spacial score (nSPS) is 11.4. The number of non-ortho nitro benzene ring substituents is 1. The van der Waals surface area contributed by atoms with Crippen LogP contribution in [-0.2, 0) is 20.7 Å². The quantitative estimate of drug-likeness (QED) is 0.425. The molecule has 0 saturated heterocycles. The highest BCUT2D eigenvalue weighted by molar-refractivity contribution is 6.31. The van der Waals surface area contributed by atoms with Gasteiger partial charge in [0, 0.05) is 22.7 Å². The average Bonchev–Trinajstić information content (AvgIpc) is 2.64. The van der Waals surface area contributed by atoms with Crippen molar-refractivity contribution in [3.8, 4) is 5.75 Å². The largest absolute Gasteiger partial charge is 0.495 e. The first-order valence-corrected chi connectivity index (χ1v) is 8.36. The number of nitrogens with one attached hydrogen (secondary N) is 1. The maximum Gasteiger partial charge on any atom is 0.311 e. The maximum absolute atomic E-state index is 13.7. The minimum atomic E-state index is -1.25. The van der Waals surface area contributed by atoms with Crippen molar-refractivity contribution < 1.29 is 28.4 Å². The SMILES string of the molecule is COc1ccc([N+](=O)[O-])cc1NC(=O)[C@H](C)OC(=O)Cc1c(F)cccc1Cl. The number of benzene rings is 2. The van der Waals surface area contributed by atoms with Crippen LogP contribution in [0, 0.1) is 15.9 Å². The highest BCUT2D eigenvalue weighted by atomic mass is 35.5. The summed E-state index contributed by atoms with van der Waals surface area (Å²) < 4.78 is 23.8. The predicted molar refractivity (Wildman–Crippen MR) is 98.9 cm³/mol. The molecule has 0 aliphatic carbocycles. The standard InChI is InChI=1S/C18H16ClFN2O6/c1-10(28-17(23)9-12-13(19)4-3-5-14(12)20)18(24)21-15-8-11(22(25)26)6-7-16(15)27-2/h3-8,10H,9H2,1-2H3,(H,21,24)/t10-/m0/s1. The highest BCUT2D eigenvalue weighted by Gasteiger charge is 2.22. The molecule has 10 heteroatoms. The van der Waals surface area contributed by atoms with Gasteiger partial charge in [-0.15, -0.1) is 0 Å². The van der Waals surface area contributed by atoms with E-state index < -0.39 is 35.1 Å². The van der Waals surface area contributed by atoms with Crippen LogP contribution in [0.2, 0.25) is 5.02 Å². The van der Waals surface area contributed by atoms with Gasteiger partial charge in [-0.05, 0) is 25.1 Å². The fourth-order valence-electron chi connectivity index (χ4n) is 2.28. The number of hydrogen-bond donors (Lipinski definition) is 1. The van der Waals surface area contributed by atoms with Gasteiger partial charge in [0.25, 0.3) is 11.6 Å². The van der Waals surface area contributed by atoms with Crippen LogP contribution in [-0.4, -0.2) is 30.0 Å². The van der Waals surface area contributed by atoms with Crippen LogP contribution < -0.4 is 10.1 Å². The van der Waals surface area contributed by atoms with E-state index in [1.54, 1.807) is 0 Å². The third-order valence-electron chi connectivity index (χ3n) is 3.71. The van der Waals surface area contributed by atoms with E-state index in [1.165, 1.54) is 38.3 Å². The Labute approximate surface area is 164 Å². The molecule has 0 aliphatic rings. The second-order valence-corrected chi connectivity index (χ2v) is 6.05. The molecule has 2 aromatic carbocycles. The number of nitro groups is 1. The first-order valence-electron chi connectivity index (χ1n) is 7.98. The van der Waals surface area contributed by atoms with Crippen molar-refractivity contribution in [1.82, 2.24) is 0 Å². The smallest absolute Gasteiger partial charge is 0.311 e. The van der Waals surface area contributed by atoms with Crippen molar-refractivity contribution in [3.05, 3.63) is 62.9 Å². The lowest BCUT2D eigenvalue weighted by Crippen LogP contribution is -2.30.